The van der Waals surface area contributed by atoms with Gasteiger partial charge in [0.1, 0.15) is 0 Å². The second kappa shape index (κ2) is 11.0. The molecule has 0 saturated heterocycles. The van der Waals surface area contributed by atoms with Gasteiger partial charge >= 0.3 is 0 Å². The first-order valence-corrected chi connectivity index (χ1v) is 14.8. The van der Waals surface area contributed by atoms with Crippen molar-refractivity contribution >= 4 is 21.5 Å². The fraction of sp³-hybridized carbons (Fsp3) is 0. The van der Waals surface area contributed by atoms with Gasteiger partial charge in [0.2, 0.25) is 0 Å². The number of benzene rings is 5. The molecular formula is C41H27N3. The van der Waals surface area contributed by atoms with Crippen LogP contribution >= 0.6 is 0 Å². The van der Waals surface area contributed by atoms with Gasteiger partial charge < -0.3 is 0 Å². The highest BCUT2D eigenvalue weighted by Gasteiger charge is 2.12. The number of pyridine rings is 3. The Hall–Kier alpha value is -5.93. The number of hydrogen-bond donors (Lipinski definition) is 0. The lowest BCUT2D eigenvalue weighted by atomic mass is 9.92. The predicted octanol–water partition coefficient (Wildman–Crippen LogP) is 10.5. The lowest BCUT2D eigenvalue weighted by molar-refractivity contribution is 1.22. The van der Waals surface area contributed by atoms with E-state index in [-0.39, 0.29) is 0 Å². The summed E-state index contributed by atoms with van der Waals surface area (Å²) in [4.78, 5) is 14.4. The van der Waals surface area contributed by atoms with Crippen molar-refractivity contribution < 1.29 is 0 Å². The van der Waals surface area contributed by atoms with Gasteiger partial charge in [0, 0.05) is 18.0 Å². The van der Waals surface area contributed by atoms with Gasteiger partial charge in [0.25, 0.3) is 0 Å². The number of rotatable bonds is 5. The summed E-state index contributed by atoms with van der Waals surface area (Å²) in [6, 6.07) is 53.0. The molecule has 3 heteroatoms. The minimum absolute atomic E-state index is 0.817. The van der Waals surface area contributed by atoms with Gasteiger partial charge in [-0.25, -0.2) is 4.98 Å². The van der Waals surface area contributed by atoms with Crippen LogP contribution in [0.1, 0.15) is 0 Å². The van der Waals surface area contributed by atoms with Crippen LogP contribution < -0.4 is 0 Å². The molecule has 3 heterocycles. The molecule has 0 fully saturated rings. The summed E-state index contributed by atoms with van der Waals surface area (Å²) >= 11 is 0. The average Bonchev–Trinajstić information content (AvgIpc) is 3.12. The molecular weight excluding hydrogens is 534 g/mol. The lowest BCUT2D eigenvalue weighted by Gasteiger charge is -2.12. The zero-order valence-corrected chi connectivity index (χ0v) is 23.9. The smallest absolute Gasteiger partial charge is 0.0900 e. The van der Waals surface area contributed by atoms with Crippen molar-refractivity contribution in [1.29, 1.82) is 0 Å². The zero-order chi connectivity index (χ0) is 29.3. The van der Waals surface area contributed by atoms with Crippen LogP contribution in [0.15, 0.2) is 164 Å². The molecule has 3 aromatic heterocycles. The predicted molar refractivity (Wildman–Crippen MR) is 182 cm³/mol. The van der Waals surface area contributed by atoms with Crippen LogP contribution in [0, 0.1) is 0 Å². The largest absolute Gasteiger partial charge is 0.255 e. The Labute approximate surface area is 256 Å². The SMILES string of the molecule is c1ccc(-c2cc(-c3ccccn3)nc(-c3ccc(-c4ccc(-c5cc6ccccc6c6ccccc56)cc4)cn3)c2)cc1. The number of aromatic nitrogens is 3. The molecule has 0 N–H and O–H groups in total. The molecule has 3 nitrogen and oxygen atoms in total. The molecule has 0 bridgehead atoms. The molecule has 0 radical (unpaired) electrons. The molecule has 0 aliphatic rings. The first-order chi connectivity index (χ1) is 21.8. The standard InChI is InChI=1S/C41H27N3/c1-2-10-28(11-3-1)33-25-40(38-16-8-9-23-42-38)44-41(26-33)39-22-21-32(27-43-39)29-17-19-30(20-18-29)37-24-31-12-4-5-13-34(31)35-14-6-7-15-36(35)37/h1-27H. The van der Waals surface area contributed by atoms with E-state index >= 15 is 0 Å². The first-order valence-electron chi connectivity index (χ1n) is 14.8. The highest BCUT2D eigenvalue weighted by molar-refractivity contribution is 6.13. The maximum Gasteiger partial charge on any atom is 0.0900 e. The average molecular weight is 562 g/mol. The third-order valence-corrected chi connectivity index (χ3v) is 8.18. The maximum atomic E-state index is 4.97. The van der Waals surface area contributed by atoms with Crippen molar-refractivity contribution in [1.82, 2.24) is 15.0 Å². The van der Waals surface area contributed by atoms with Crippen molar-refractivity contribution in [3.63, 3.8) is 0 Å². The van der Waals surface area contributed by atoms with Gasteiger partial charge in [-0.2, -0.15) is 0 Å². The van der Waals surface area contributed by atoms with Gasteiger partial charge in [0.05, 0.1) is 22.8 Å². The van der Waals surface area contributed by atoms with Crippen LogP contribution in [0.4, 0.5) is 0 Å². The molecule has 44 heavy (non-hydrogen) atoms. The van der Waals surface area contributed by atoms with E-state index in [1.165, 1.54) is 32.7 Å². The van der Waals surface area contributed by atoms with Crippen LogP contribution in [-0.2, 0) is 0 Å². The second-order valence-electron chi connectivity index (χ2n) is 10.9. The first kappa shape index (κ1) is 25.8. The molecule has 0 saturated carbocycles. The quantitative estimate of drug-likeness (QED) is 0.196. The summed E-state index contributed by atoms with van der Waals surface area (Å²) < 4.78 is 0. The molecule has 0 aliphatic heterocycles. The Morgan fingerprint density at radius 2 is 0.955 bits per heavy atom. The van der Waals surface area contributed by atoms with Crippen molar-refractivity contribution in [2.75, 3.05) is 0 Å². The Kier molecular flexibility index (Phi) is 6.47. The normalized spacial score (nSPS) is 11.2. The minimum atomic E-state index is 0.817. The molecule has 0 aliphatic carbocycles. The highest BCUT2D eigenvalue weighted by Crippen LogP contribution is 2.36. The number of nitrogens with zero attached hydrogens (tertiary/aromatic N) is 3. The third kappa shape index (κ3) is 4.81. The van der Waals surface area contributed by atoms with Crippen molar-refractivity contribution in [2.24, 2.45) is 0 Å². The topological polar surface area (TPSA) is 38.7 Å². The van der Waals surface area contributed by atoms with E-state index in [0.717, 1.165) is 45.0 Å². The van der Waals surface area contributed by atoms with E-state index in [0.29, 0.717) is 0 Å². The number of fused-ring (bicyclic) bond motifs is 3. The summed E-state index contributed by atoms with van der Waals surface area (Å²) in [5, 5.41) is 5.08. The molecule has 0 amide bonds. The Bertz CT molecular complexity index is 2180. The van der Waals surface area contributed by atoms with Gasteiger partial charge in [0.15, 0.2) is 0 Å². The zero-order valence-electron chi connectivity index (χ0n) is 23.9. The van der Waals surface area contributed by atoms with Crippen molar-refractivity contribution in [3.8, 4) is 56.2 Å². The molecule has 8 aromatic rings. The lowest BCUT2D eigenvalue weighted by Crippen LogP contribution is -1.94. The minimum Gasteiger partial charge on any atom is -0.255 e. The summed E-state index contributed by atoms with van der Waals surface area (Å²) in [5.41, 5.74) is 10.1. The van der Waals surface area contributed by atoms with E-state index in [2.05, 4.69) is 132 Å². The molecule has 0 atom stereocenters. The maximum absolute atomic E-state index is 4.97. The molecule has 0 spiro atoms. The van der Waals surface area contributed by atoms with Gasteiger partial charge in [-0.3, -0.25) is 9.97 Å². The highest BCUT2D eigenvalue weighted by atomic mass is 14.8. The summed E-state index contributed by atoms with van der Waals surface area (Å²) in [7, 11) is 0. The molecule has 206 valence electrons. The second-order valence-corrected chi connectivity index (χ2v) is 10.9. The Morgan fingerprint density at radius 1 is 0.341 bits per heavy atom. The van der Waals surface area contributed by atoms with E-state index in [1.807, 2.05) is 30.5 Å². The van der Waals surface area contributed by atoms with Crippen LogP contribution in [0.25, 0.3) is 77.7 Å². The van der Waals surface area contributed by atoms with Gasteiger partial charge in [-0.05, 0) is 85.8 Å². The third-order valence-electron chi connectivity index (χ3n) is 8.18. The van der Waals surface area contributed by atoms with Crippen molar-refractivity contribution in [3.05, 3.63) is 164 Å². The fourth-order valence-corrected chi connectivity index (χ4v) is 5.96. The monoisotopic (exact) mass is 561 g/mol. The Balaban J connectivity index is 1.14. The van der Waals surface area contributed by atoms with E-state index in [9.17, 15) is 0 Å². The van der Waals surface area contributed by atoms with Crippen LogP contribution in [-0.4, -0.2) is 15.0 Å². The molecule has 5 aromatic carbocycles. The fourth-order valence-electron chi connectivity index (χ4n) is 5.96. The van der Waals surface area contributed by atoms with Crippen LogP contribution in [0.5, 0.6) is 0 Å². The molecule has 0 unspecified atom stereocenters. The number of hydrogen-bond acceptors (Lipinski definition) is 3. The molecule has 8 rings (SSSR count). The van der Waals surface area contributed by atoms with Crippen molar-refractivity contribution in [2.45, 2.75) is 0 Å². The Morgan fingerprint density at radius 3 is 1.68 bits per heavy atom. The summed E-state index contributed by atoms with van der Waals surface area (Å²) in [6.45, 7) is 0. The van der Waals surface area contributed by atoms with E-state index < -0.39 is 0 Å². The van der Waals surface area contributed by atoms with Gasteiger partial charge in [-0.1, -0.05) is 115 Å². The summed E-state index contributed by atoms with van der Waals surface area (Å²) in [5.74, 6) is 0. The van der Waals surface area contributed by atoms with E-state index in [4.69, 9.17) is 9.97 Å². The summed E-state index contributed by atoms with van der Waals surface area (Å²) in [6.07, 6.45) is 3.74. The van der Waals surface area contributed by atoms with Gasteiger partial charge in [-0.15, -0.1) is 0 Å². The van der Waals surface area contributed by atoms with Crippen LogP contribution in [0.3, 0.4) is 0 Å². The van der Waals surface area contributed by atoms with Crippen LogP contribution in [0.2, 0.25) is 0 Å². The van der Waals surface area contributed by atoms with E-state index in [1.54, 1.807) is 6.20 Å².